The summed E-state index contributed by atoms with van der Waals surface area (Å²) in [6.07, 6.45) is 8.27. The van der Waals surface area contributed by atoms with Gasteiger partial charge in [-0.1, -0.05) is 40.5 Å². The Morgan fingerprint density at radius 1 is 1.25 bits per heavy atom. The van der Waals surface area contributed by atoms with E-state index < -0.39 is 0 Å². The van der Waals surface area contributed by atoms with Crippen LogP contribution in [0.1, 0.15) is 88.2 Å². The molecule has 1 fully saturated rings. The second kappa shape index (κ2) is 6.98. The highest BCUT2D eigenvalue weighted by atomic mass is 35.5. The first kappa shape index (κ1) is 15.9. The molecular weight excluding hydrogens is 268 g/mol. The summed E-state index contributed by atoms with van der Waals surface area (Å²) in [4.78, 5) is 0. The molecule has 0 bridgehead atoms. The highest BCUT2D eigenvalue weighted by Gasteiger charge is 2.27. The SMILES string of the molecule is CCc1nn(C2CCCC(C)C2)c(CC)c1C(Cl)CC. The quantitative estimate of drug-likeness (QED) is 0.661. The maximum absolute atomic E-state index is 6.59. The van der Waals surface area contributed by atoms with E-state index in [1.807, 2.05) is 0 Å². The van der Waals surface area contributed by atoms with E-state index >= 15 is 0 Å². The maximum atomic E-state index is 6.59. The van der Waals surface area contributed by atoms with Crippen LogP contribution < -0.4 is 0 Å². The summed E-state index contributed by atoms with van der Waals surface area (Å²) in [6.45, 7) is 8.97. The van der Waals surface area contributed by atoms with Crippen molar-refractivity contribution in [1.29, 1.82) is 0 Å². The molecule has 2 nitrogen and oxygen atoms in total. The minimum absolute atomic E-state index is 0.120. The first-order chi connectivity index (χ1) is 9.62. The molecule has 1 aliphatic carbocycles. The van der Waals surface area contributed by atoms with E-state index in [1.165, 1.54) is 42.6 Å². The molecule has 0 aliphatic heterocycles. The van der Waals surface area contributed by atoms with Crippen LogP contribution in [-0.2, 0) is 12.8 Å². The van der Waals surface area contributed by atoms with Crippen LogP contribution in [0.2, 0.25) is 0 Å². The highest BCUT2D eigenvalue weighted by molar-refractivity contribution is 6.21. The highest BCUT2D eigenvalue weighted by Crippen LogP contribution is 2.37. The molecule has 114 valence electrons. The second-order valence-corrected chi connectivity index (χ2v) is 6.79. The third-order valence-corrected chi connectivity index (χ3v) is 5.25. The number of rotatable bonds is 5. The van der Waals surface area contributed by atoms with Crippen LogP contribution in [-0.4, -0.2) is 9.78 Å². The van der Waals surface area contributed by atoms with Crippen molar-refractivity contribution < 1.29 is 0 Å². The molecule has 20 heavy (non-hydrogen) atoms. The van der Waals surface area contributed by atoms with Crippen molar-refractivity contribution >= 4 is 11.6 Å². The number of alkyl halides is 1. The van der Waals surface area contributed by atoms with E-state index in [1.54, 1.807) is 0 Å². The average Bonchev–Trinajstić information content (AvgIpc) is 2.85. The van der Waals surface area contributed by atoms with Gasteiger partial charge in [0.1, 0.15) is 0 Å². The molecule has 0 spiro atoms. The summed E-state index contributed by atoms with van der Waals surface area (Å²) < 4.78 is 2.34. The smallest absolute Gasteiger partial charge is 0.0671 e. The van der Waals surface area contributed by atoms with Crippen LogP contribution in [0.5, 0.6) is 0 Å². The molecular formula is C17H29ClN2. The van der Waals surface area contributed by atoms with Crippen LogP contribution in [0.3, 0.4) is 0 Å². The van der Waals surface area contributed by atoms with Gasteiger partial charge < -0.3 is 0 Å². The fraction of sp³-hybridized carbons (Fsp3) is 0.824. The molecule has 1 aromatic rings. The Bertz CT molecular complexity index is 438. The summed E-state index contributed by atoms with van der Waals surface area (Å²) in [5.41, 5.74) is 3.95. The zero-order valence-corrected chi connectivity index (χ0v) is 14.2. The predicted octanol–water partition coefficient (Wildman–Crippen LogP) is 5.45. The fourth-order valence-electron chi connectivity index (χ4n) is 3.64. The Morgan fingerprint density at radius 2 is 2.00 bits per heavy atom. The minimum atomic E-state index is 0.120. The van der Waals surface area contributed by atoms with Crippen molar-refractivity contribution in [3.05, 3.63) is 17.0 Å². The molecule has 1 saturated carbocycles. The van der Waals surface area contributed by atoms with Crippen LogP contribution in [0, 0.1) is 5.92 Å². The first-order valence-corrected chi connectivity index (χ1v) is 8.80. The minimum Gasteiger partial charge on any atom is -0.266 e. The largest absolute Gasteiger partial charge is 0.266 e. The van der Waals surface area contributed by atoms with Gasteiger partial charge in [-0.25, -0.2) is 0 Å². The molecule has 2 rings (SSSR count). The Kier molecular flexibility index (Phi) is 5.54. The summed E-state index contributed by atoms with van der Waals surface area (Å²) in [5.74, 6) is 0.828. The standard InChI is InChI=1S/C17H29ClN2/c1-5-14(18)17-15(6-2)19-20(16(17)7-3)13-10-8-9-12(4)11-13/h12-14H,5-11H2,1-4H3. The van der Waals surface area contributed by atoms with E-state index in [-0.39, 0.29) is 5.38 Å². The van der Waals surface area contributed by atoms with E-state index in [0.29, 0.717) is 6.04 Å². The van der Waals surface area contributed by atoms with Crippen LogP contribution >= 0.6 is 11.6 Å². The lowest BCUT2D eigenvalue weighted by atomic mass is 9.87. The zero-order valence-electron chi connectivity index (χ0n) is 13.5. The topological polar surface area (TPSA) is 17.8 Å². The zero-order chi connectivity index (χ0) is 14.7. The molecule has 3 heteroatoms. The van der Waals surface area contributed by atoms with E-state index in [4.69, 9.17) is 16.7 Å². The average molecular weight is 297 g/mol. The molecule has 1 heterocycles. The van der Waals surface area contributed by atoms with Gasteiger partial charge in [-0.15, -0.1) is 11.6 Å². The normalized spacial score (nSPS) is 24.9. The number of aryl methyl sites for hydroxylation is 1. The Labute approximate surface area is 128 Å². The molecule has 0 radical (unpaired) electrons. The molecule has 0 N–H and O–H groups in total. The molecule has 1 aliphatic rings. The summed E-state index contributed by atoms with van der Waals surface area (Å²) >= 11 is 6.59. The van der Waals surface area contributed by atoms with Crippen LogP contribution in [0.25, 0.3) is 0 Å². The van der Waals surface area contributed by atoms with Crippen LogP contribution in [0.4, 0.5) is 0 Å². The molecule has 3 atom stereocenters. The second-order valence-electron chi connectivity index (χ2n) is 6.26. The van der Waals surface area contributed by atoms with Crippen molar-refractivity contribution in [3.8, 4) is 0 Å². The maximum Gasteiger partial charge on any atom is 0.0671 e. The van der Waals surface area contributed by atoms with Gasteiger partial charge in [0.15, 0.2) is 0 Å². The van der Waals surface area contributed by atoms with E-state index in [0.717, 1.165) is 25.2 Å². The van der Waals surface area contributed by atoms with Gasteiger partial charge in [0, 0.05) is 11.3 Å². The predicted molar refractivity (Wildman–Crippen MR) is 86.5 cm³/mol. The molecule has 3 unspecified atom stereocenters. The number of aromatic nitrogens is 2. The number of hydrogen-bond acceptors (Lipinski definition) is 1. The molecule has 0 aromatic carbocycles. The van der Waals surface area contributed by atoms with Crippen LogP contribution in [0.15, 0.2) is 0 Å². The Morgan fingerprint density at radius 3 is 2.55 bits per heavy atom. The molecule has 1 aromatic heterocycles. The van der Waals surface area contributed by atoms with Crippen molar-refractivity contribution in [2.45, 2.75) is 84.1 Å². The van der Waals surface area contributed by atoms with E-state index in [9.17, 15) is 0 Å². The first-order valence-electron chi connectivity index (χ1n) is 8.36. The van der Waals surface area contributed by atoms with Gasteiger partial charge in [0.2, 0.25) is 0 Å². The summed E-state index contributed by atoms with van der Waals surface area (Å²) in [7, 11) is 0. The van der Waals surface area contributed by atoms with Gasteiger partial charge in [-0.05, 0) is 38.0 Å². The molecule has 0 amide bonds. The monoisotopic (exact) mass is 296 g/mol. The number of hydrogen-bond donors (Lipinski definition) is 0. The third-order valence-electron chi connectivity index (χ3n) is 4.72. The van der Waals surface area contributed by atoms with Crippen molar-refractivity contribution in [2.75, 3.05) is 0 Å². The number of halogens is 1. The lowest BCUT2D eigenvalue weighted by Gasteiger charge is -2.28. The summed E-state index contributed by atoms with van der Waals surface area (Å²) in [5, 5.41) is 5.08. The van der Waals surface area contributed by atoms with E-state index in [2.05, 4.69) is 32.4 Å². The third kappa shape index (κ3) is 3.05. The van der Waals surface area contributed by atoms with Crippen molar-refractivity contribution in [1.82, 2.24) is 9.78 Å². The summed E-state index contributed by atoms with van der Waals surface area (Å²) in [6, 6.07) is 0.591. The Balaban J connectivity index is 2.39. The number of nitrogens with zero attached hydrogens (tertiary/aromatic N) is 2. The van der Waals surface area contributed by atoms with Gasteiger partial charge >= 0.3 is 0 Å². The van der Waals surface area contributed by atoms with Crippen molar-refractivity contribution in [2.24, 2.45) is 5.92 Å². The van der Waals surface area contributed by atoms with Crippen molar-refractivity contribution in [3.63, 3.8) is 0 Å². The fourth-order valence-corrected chi connectivity index (χ4v) is 3.89. The Hall–Kier alpha value is -0.500. The van der Waals surface area contributed by atoms with Gasteiger partial charge in [-0.3, -0.25) is 4.68 Å². The molecule has 0 saturated heterocycles. The lowest BCUT2D eigenvalue weighted by molar-refractivity contribution is 0.261. The van der Waals surface area contributed by atoms with Gasteiger partial charge in [0.05, 0.1) is 17.1 Å². The van der Waals surface area contributed by atoms with Gasteiger partial charge in [0.25, 0.3) is 0 Å². The van der Waals surface area contributed by atoms with Gasteiger partial charge in [-0.2, -0.15) is 5.10 Å². The lowest BCUT2D eigenvalue weighted by Crippen LogP contribution is -2.20.